The van der Waals surface area contributed by atoms with Crippen molar-refractivity contribution in [2.45, 2.75) is 11.7 Å². The fourth-order valence-corrected chi connectivity index (χ4v) is 3.24. The summed E-state index contributed by atoms with van der Waals surface area (Å²) in [7, 11) is -3.75. The highest BCUT2D eigenvalue weighted by atomic mass is 32.2. The van der Waals surface area contributed by atoms with Crippen molar-refractivity contribution in [3.05, 3.63) is 54.6 Å². The monoisotopic (exact) mass is 332 g/mol. The third-order valence-corrected chi connectivity index (χ3v) is 4.93. The van der Waals surface area contributed by atoms with E-state index in [1.807, 2.05) is 18.2 Å². The van der Waals surface area contributed by atoms with E-state index in [0.717, 1.165) is 0 Å². The molecule has 7 heteroatoms. The minimum Gasteiger partial charge on any atom is -0.455 e. The summed E-state index contributed by atoms with van der Waals surface area (Å²) in [6, 6.07) is 16.2. The van der Waals surface area contributed by atoms with E-state index in [1.54, 1.807) is 36.4 Å². The zero-order valence-corrected chi connectivity index (χ0v) is 13.1. The lowest BCUT2D eigenvalue weighted by atomic mass is 10.2. The van der Waals surface area contributed by atoms with E-state index in [4.69, 9.17) is 9.88 Å². The van der Waals surface area contributed by atoms with Crippen LogP contribution < -0.4 is 14.8 Å². The standard InChI is InChI=1S/C16H16N2O4S/c17-23(20,21)13-10-16(19)18(11-13)14-8-4-5-9-15(14)22-12-6-2-1-3-7-12/h1-9,13H,10-11H2,(H2,17,20,21). The Bertz CT molecular complexity index is 821. The van der Waals surface area contributed by atoms with Crippen LogP contribution in [0.1, 0.15) is 6.42 Å². The molecule has 1 aliphatic rings. The summed E-state index contributed by atoms with van der Waals surface area (Å²) < 4.78 is 28.8. The molecular weight excluding hydrogens is 316 g/mol. The van der Waals surface area contributed by atoms with Gasteiger partial charge < -0.3 is 9.64 Å². The van der Waals surface area contributed by atoms with Gasteiger partial charge in [0.15, 0.2) is 5.75 Å². The highest BCUT2D eigenvalue weighted by molar-refractivity contribution is 7.89. The Labute approximate surface area is 134 Å². The molecule has 1 fully saturated rings. The van der Waals surface area contributed by atoms with E-state index in [9.17, 15) is 13.2 Å². The highest BCUT2D eigenvalue weighted by Crippen LogP contribution is 2.35. The van der Waals surface area contributed by atoms with Gasteiger partial charge in [-0.3, -0.25) is 4.79 Å². The first-order valence-electron chi connectivity index (χ1n) is 7.09. The number of nitrogens with zero attached hydrogens (tertiary/aromatic N) is 1. The van der Waals surface area contributed by atoms with Crippen LogP contribution in [-0.4, -0.2) is 26.1 Å². The van der Waals surface area contributed by atoms with Crippen LogP contribution in [0.5, 0.6) is 11.5 Å². The zero-order valence-electron chi connectivity index (χ0n) is 12.3. The first-order valence-corrected chi connectivity index (χ1v) is 8.70. The maximum atomic E-state index is 12.2. The van der Waals surface area contributed by atoms with Gasteiger partial charge in [0.25, 0.3) is 0 Å². The van der Waals surface area contributed by atoms with Crippen molar-refractivity contribution in [3.63, 3.8) is 0 Å². The molecule has 2 aromatic carbocycles. The number of carbonyl (C=O) groups is 1. The number of para-hydroxylation sites is 3. The third kappa shape index (κ3) is 3.35. The van der Waals surface area contributed by atoms with Crippen LogP contribution in [0.3, 0.4) is 0 Å². The normalized spacial score (nSPS) is 18.2. The molecule has 0 aromatic heterocycles. The van der Waals surface area contributed by atoms with Gasteiger partial charge in [-0.25, -0.2) is 13.6 Å². The summed E-state index contributed by atoms with van der Waals surface area (Å²) in [6.07, 6.45) is -0.113. The maximum Gasteiger partial charge on any atom is 0.228 e. The second-order valence-electron chi connectivity index (χ2n) is 5.30. The Morgan fingerprint density at radius 3 is 2.35 bits per heavy atom. The van der Waals surface area contributed by atoms with Crippen molar-refractivity contribution < 1.29 is 17.9 Å². The van der Waals surface area contributed by atoms with Crippen LogP contribution >= 0.6 is 0 Å². The molecule has 3 rings (SSSR count). The SMILES string of the molecule is NS(=O)(=O)C1CC(=O)N(c2ccccc2Oc2ccccc2)C1. The molecule has 1 atom stereocenters. The molecular formula is C16H16N2O4S. The maximum absolute atomic E-state index is 12.2. The van der Waals surface area contributed by atoms with Gasteiger partial charge in [-0.15, -0.1) is 0 Å². The van der Waals surface area contributed by atoms with Crippen molar-refractivity contribution >= 4 is 21.6 Å². The summed E-state index contributed by atoms with van der Waals surface area (Å²) in [5.74, 6) is 0.838. The zero-order chi connectivity index (χ0) is 16.4. The van der Waals surface area contributed by atoms with Gasteiger partial charge >= 0.3 is 0 Å². The Balaban J connectivity index is 1.90. The van der Waals surface area contributed by atoms with Gasteiger partial charge in [0.05, 0.1) is 5.69 Å². The second-order valence-corrected chi connectivity index (χ2v) is 7.15. The second kappa shape index (κ2) is 6.02. The molecule has 0 aliphatic carbocycles. The van der Waals surface area contributed by atoms with Gasteiger partial charge in [-0.1, -0.05) is 30.3 Å². The molecule has 1 amide bonds. The van der Waals surface area contributed by atoms with Crippen molar-refractivity contribution in [2.24, 2.45) is 5.14 Å². The molecule has 0 spiro atoms. The molecule has 0 radical (unpaired) electrons. The summed E-state index contributed by atoms with van der Waals surface area (Å²) in [5, 5.41) is 4.28. The van der Waals surface area contributed by atoms with Crippen LogP contribution in [-0.2, 0) is 14.8 Å². The topological polar surface area (TPSA) is 89.7 Å². The predicted octanol–water partition coefficient (Wildman–Crippen LogP) is 1.87. The van der Waals surface area contributed by atoms with Gasteiger partial charge in [0.2, 0.25) is 15.9 Å². The fourth-order valence-electron chi connectivity index (χ4n) is 2.51. The number of sulfonamides is 1. The Morgan fingerprint density at radius 1 is 1.04 bits per heavy atom. The summed E-state index contributed by atoms with van der Waals surface area (Å²) in [4.78, 5) is 13.6. The molecule has 120 valence electrons. The number of carbonyl (C=O) groups excluding carboxylic acids is 1. The molecule has 1 saturated heterocycles. The number of benzene rings is 2. The van der Waals surface area contributed by atoms with Gasteiger partial charge in [0, 0.05) is 13.0 Å². The quantitative estimate of drug-likeness (QED) is 0.925. The summed E-state index contributed by atoms with van der Waals surface area (Å²) in [6.45, 7) is 0.0346. The number of hydrogen-bond acceptors (Lipinski definition) is 4. The van der Waals surface area contributed by atoms with E-state index in [1.165, 1.54) is 4.90 Å². The van der Waals surface area contributed by atoms with Gasteiger partial charge in [-0.05, 0) is 24.3 Å². The lowest BCUT2D eigenvalue weighted by Gasteiger charge is -2.20. The minimum absolute atomic E-state index is 0.0346. The number of ether oxygens (including phenoxy) is 1. The number of hydrogen-bond donors (Lipinski definition) is 1. The fraction of sp³-hybridized carbons (Fsp3) is 0.188. The van der Waals surface area contributed by atoms with E-state index >= 15 is 0 Å². The Morgan fingerprint density at radius 2 is 1.70 bits per heavy atom. The summed E-state index contributed by atoms with van der Waals surface area (Å²) in [5.41, 5.74) is 0.535. The smallest absolute Gasteiger partial charge is 0.228 e. The number of nitrogens with two attached hydrogens (primary N) is 1. The number of amides is 1. The molecule has 2 aromatic rings. The molecule has 1 unspecified atom stereocenters. The lowest BCUT2D eigenvalue weighted by molar-refractivity contribution is -0.117. The first kappa shape index (κ1) is 15.5. The van der Waals surface area contributed by atoms with Crippen molar-refractivity contribution in [1.82, 2.24) is 0 Å². The van der Waals surface area contributed by atoms with Crippen molar-refractivity contribution in [2.75, 3.05) is 11.4 Å². The van der Waals surface area contributed by atoms with Gasteiger partial charge in [-0.2, -0.15) is 0 Å². The predicted molar refractivity (Wildman–Crippen MR) is 86.8 cm³/mol. The number of rotatable bonds is 4. The van der Waals surface area contributed by atoms with E-state index in [0.29, 0.717) is 17.2 Å². The largest absolute Gasteiger partial charge is 0.455 e. The molecule has 1 heterocycles. The molecule has 0 saturated carbocycles. The van der Waals surface area contributed by atoms with E-state index < -0.39 is 15.3 Å². The average molecular weight is 332 g/mol. The molecule has 1 aliphatic heterocycles. The van der Waals surface area contributed by atoms with Crippen LogP contribution in [0, 0.1) is 0 Å². The Kier molecular flexibility index (Phi) is 4.06. The van der Waals surface area contributed by atoms with Crippen LogP contribution in [0.25, 0.3) is 0 Å². The number of primary sulfonamides is 1. The van der Waals surface area contributed by atoms with Crippen molar-refractivity contribution in [1.29, 1.82) is 0 Å². The van der Waals surface area contributed by atoms with Crippen LogP contribution in [0.2, 0.25) is 0 Å². The lowest BCUT2D eigenvalue weighted by Crippen LogP contribution is -2.32. The molecule has 23 heavy (non-hydrogen) atoms. The minimum atomic E-state index is -3.75. The Hall–Kier alpha value is -2.38. The molecule has 2 N–H and O–H groups in total. The van der Waals surface area contributed by atoms with Crippen LogP contribution in [0.15, 0.2) is 54.6 Å². The van der Waals surface area contributed by atoms with E-state index in [2.05, 4.69) is 0 Å². The average Bonchev–Trinajstić information content (AvgIpc) is 2.91. The highest BCUT2D eigenvalue weighted by Gasteiger charge is 2.38. The molecule has 6 nitrogen and oxygen atoms in total. The summed E-state index contributed by atoms with van der Waals surface area (Å²) >= 11 is 0. The van der Waals surface area contributed by atoms with Gasteiger partial charge in [0.1, 0.15) is 11.0 Å². The van der Waals surface area contributed by atoms with Crippen LogP contribution in [0.4, 0.5) is 5.69 Å². The van der Waals surface area contributed by atoms with E-state index in [-0.39, 0.29) is 18.9 Å². The van der Waals surface area contributed by atoms with Crippen molar-refractivity contribution in [3.8, 4) is 11.5 Å². The molecule has 0 bridgehead atoms. The third-order valence-electron chi connectivity index (χ3n) is 3.68. The number of anilines is 1. The first-order chi connectivity index (χ1) is 10.9.